The van der Waals surface area contributed by atoms with Crippen molar-refractivity contribution in [3.63, 3.8) is 0 Å². The molecule has 15 heavy (non-hydrogen) atoms. The van der Waals surface area contributed by atoms with Crippen molar-refractivity contribution in [1.82, 2.24) is 5.32 Å². The number of hydrogen-bond acceptors (Lipinski definition) is 1. The molecule has 0 spiro atoms. The first-order chi connectivity index (χ1) is 7.18. The summed E-state index contributed by atoms with van der Waals surface area (Å²) < 4.78 is 0. The Morgan fingerprint density at radius 2 is 2.13 bits per heavy atom. The molecule has 0 amide bonds. The van der Waals surface area contributed by atoms with Crippen LogP contribution < -0.4 is 5.32 Å². The van der Waals surface area contributed by atoms with Crippen molar-refractivity contribution in [2.75, 3.05) is 13.1 Å². The SMILES string of the molecule is CC(C)=CCNCCc1cccc(C)c1. The maximum Gasteiger partial charge on any atom is 0.0137 e. The summed E-state index contributed by atoms with van der Waals surface area (Å²) in [5, 5.41) is 3.41. The molecule has 1 aromatic carbocycles. The molecule has 0 saturated heterocycles. The summed E-state index contributed by atoms with van der Waals surface area (Å²) in [6, 6.07) is 8.71. The van der Waals surface area contributed by atoms with Gasteiger partial charge < -0.3 is 5.32 Å². The predicted octanol–water partition coefficient (Wildman–Crippen LogP) is 3.09. The van der Waals surface area contributed by atoms with Gasteiger partial charge in [0.05, 0.1) is 0 Å². The molecule has 1 heteroatoms. The van der Waals surface area contributed by atoms with Gasteiger partial charge in [0.2, 0.25) is 0 Å². The summed E-state index contributed by atoms with van der Waals surface area (Å²) >= 11 is 0. The number of nitrogens with one attached hydrogen (secondary N) is 1. The van der Waals surface area contributed by atoms with Crippen molar-refractivity contribution < 1.29 is 0 Å². The number of hydrogen-bond donors (Lipinski definition) is 1. The fourth-order valence-corrected chi connectivity index (χ4v) is 1.48. The average molecular weight is 203 g/mol. The van der Waals surface area contributed by atoms with Crippen LogP contribution in [0.3, 0.4) is 0 Å². The molecule has 0 aliphatic carbocycles. The molecule has 1 rings (SSSR count). The van der Waals surface area contributed by atoms with Crippen LogP contribution in [0.1, 0.15) is 25.0 Å². The molecule has 0 heterocycles. The van der Waals surface area contributed by atoms with Crippen LogP contribution in [-0.4, -0.2) is 13.1 Å². The number of allylic oxidation sites excluding steroid dienone is 1. The zero-order chi connectivity index (χ0) is 11.1. The fraction of sp³-hybridized carbons (Fsp3) is 0.429. The Kier molecular flexibility index (Phi) is 5.13. The lowest BCUT2D eigenvalue weighted by Crippen LogP contribution is -2.17. The Morgan fingerprint density at radius 1 is 1.33 bits per heavy atom. The molecule has 0 fully saturated rings. The first-order valence-corrected chi connectivity index (χ1v) is 5.58. The monoisotopic (exact) mass is 203 g/mol. The van der Waals surface area contributed by atoms with Gasteiger partial charge in [0.25, 0.3) is 0 Å². The Labute approximate surface area is 93.2 Å². The van der Waals surface area contributed by atoms with Crippen LogP contribution >= 0.6 is 0 Å². The highest BCUT2D eigenvalue weighted by atomic mass is 14.8. The van der Waals surface area contributed by atoms with Crippen LogP contribution in [0, 0.1) is 6.92 Å². The van der Waals surface area contributed by atoms with Crippen molar-refractivity contribution >= 4 is 0 Å². The summed E-state index contributed by atoms with van der Waals surface area (Å²) in [5.41, 5.74) is 4.13. The molecule has 82 valence electrons. The van der Waals surface area contributed by atoms with Gasteiger partial charge in [-0.05, 0) is 39.3 Å². The van der Waals surface area contributed by atoms with E-state index in [0.29, 0.717) is 0 Å². The summed E-state index contributed by atoms with van der Waals surface area (Å²) in [5.74, 6) is 0. The maximum atomic E-state index is 3.41. The van der Waals surface area contributed by atoms with Gasteiger partial charge in [-0.2, -0.15) is 0 Å². The van der Waals surface area contributed by atoms with Gasteiger partial charge in [-0.25, -0.2) is 0 Å². The van der Waals surface area contributed by atoms with Gasteiger partial charge in [-0.15, -0.1) is 0 Å². The Bertz CT molecular complexity index is 322. The predicted molar refractivity (Wildman–Crippen MR) is 67.2 cm³/mol. The zero-order valence-electron chi connectivity index (χ0n) is 10.0. The lowest BCUT2D eigenvalue weighted by Gasteiger charge is -2.03. The normalized spacial score (nSPS) is 10.1. The van der Waals surface area contributed by atoms with Gasteiger partial charge >= 0.3 is 0 Å². The summed E-state index contributed by atoms with van der Waals surface area (Å²) in [7, 11) is 0. The van der Waals surface area contributed by atoms with Crippen LogP contribution in [0.5, 0.6) is 0 Å². The molecule has 0 atom stereocenters. The molecule has 0 radical (unpaired) electrons. The molecule has 0 unspecified atom stereocenters. The van der Waals surface area contributed by atoms with E-state index in [0.717, 1.165) is 19.5 Å². The second-order valence-corrected chi connectivity index (χ2v) is 4.22. The van der Waals surface area contributed by atoms with Crippen LogP contribution in [-0.2, 0) is 6.42 Å². The number of aryl methyl sites for hydroxylation is 1. The van der Waals surface area contributed by atoms with E-state index in [-0.39, 0.29) is 0 Å². The first-order valence-electron chi connectivity index (χ1n) is 5.58. The lowest BCUT2D eigenvalue weighted by atomic mass is 10.1. The summed E-state index contributed by atoms with van der Waals surface area (Å²) in [4.78, 5) is 0. The molecule has 1 aromatic rings. The quantitative estimate of drug-likeness (QED) is 0.573. The van der Waals surface area contributed by atoms with E-state index >= 15 is 0 Å². The lowest BCUT2D eigenvalue weighted by molar-refractivity contribution is 0.742. The van der Waals surface area contributed by atoms with Crippen LogP contribution in [0.25, 0.3) is 0 Å². The van der Waals surface area contributed by atoms with Crippen molar-refractivity contribution in [2.45, 2.75) is 27.2 Å². The Morgan fingerprint density at radius 3 is 2.80 bits per heavy atom. The van der Waals surface area contributed by atoms with E-state index < -0.39 is 0 Å². The van der Waals surface area contributed by atoms with Gasteiger partial charge in [0.15, 0.2) is 0 Å². The van der Waals surface area contributed by atoms with Crippen LogP contribution in [0.15, 0.2) is 35.9 Å². The Balaban J connectivity index is 2.23. The third-order valence-corrected chi connectivity index (χ3v) is 2.33. The van der Waals surface area contributed by atoms with Crippen LogP contribution in [0.4, 0.5) is 0 Å². The second kappa shape index (κ2) is 6.41. The van der Waals surface area contributed by atoms with E-state index in [4.69, 9.17) is 0 Å². The Hall–Kier alpha value is -1.08. The average Bonchev–Trinajstić information content (AvgIpc) is 2.17. The maximum absolute atomic E-state index is 3.41. The molecular weight excluding hydrogens is 182 g/mol. The molecule has 0 aliphatic heterocycles. The van der Waals surface area contributed by atoms with Gasteiger partial charge in [-0.3, -0.25) is 0 Å². The van der Waals surface area contributed by atoms with E-state index in [1.54, 1.807) is 0 Å². The molecule has 0 bridgehead atoms. The second-order valence-electron chi connectivity index (χ2n) is 4.22. The third-order valence-electron chi connectivity index (χ3n) is 2.33. The van der Waals surface area contributed by atoms with E-state index in [2.05, 4.69) is 56.4 Å². The van der Waals surface area contributed by atoms with E-state index in [1.165, 1.54) is 16.7 Å². The highest BCUT2D eigenvalue weighted by Crippen LogP contribution is 2.03. The van der Waals surface area contributed by atoms with Gasteiger partial charge in [0, 0.05) is 6.54 Å². The number of rotatable bonds is 5. The van der Waals surface area contributed by atoms with Crippen molar-refractivity contribution in [2.24, 2.45) is 0 Å². The third kappa shape index (κ3) is 5.38. The smallest absolute Gasteiger partial charge is 0.0137 e. The molecule has 1 N–H and O–H groups in total. The summed E-state index contributed by atoms with van der Waals surface area (Å²) in [6.45, 7) is 8.42. The number of benzene rings is 1. The molecule has 0 aliphatic rings. The molecular formula is C14H21N. The van der Waals surface area contributed by atoms with Crippen LogP contribution in [0.2, 0.25) is 0 Å². The topological polar surface area (TPSA) is 12.0 Å². The standard InChI is InChI=1S/C14H21N/c1-12(2)7-9-15-10-8-14-6-4-5-13(3)11-14/h4-7,11,15H,8-10H2,1-3H3. The van der Waals surface area contributed by atoms with E-state index in [1.807, 2.05) is 0 Å². The minimum Gasteiger partial charge on any atom is -0.313 e. The minimum atomic E-state index is 0.980. The zero-order valence-corrected chi connectivity index (χ0v) is 10.0. The van der Waals surface area contributed by atoms with Crippen molar-refractivity contribution in [3.05, 3.63) is 47.0 Å². The van der Waals surface area contributed by atoms with Gasteiger partial charge in [0.1, 0.15) is 0 Å². The van der Waals surface area contributed by atoms with Crippen molar-refractivity contribution in [3.8, 4) is 0 Å². The molecule has 0 aromatic heterocycles. The largest absolute Gasteiger partial charge is 0.313 e. The highest BCUT2D eigenvalue weighted by molar-refractivity contribution is 5.22. The minimum absolute atomic E-state index is 0.980. The fourth-order valence-electron chi connectivity index (χ4n) is 1.48. The summed E-state index contributed by atoms with van der Waals surface area (Å²) in [6.07, 6.45) is 3.33. The van der Waals surface area contributed by atoms with E-state index in [9.17, 15) is 0 Å². The van der Waals surface area contributed by atoms with Crippen molar-refractivity contribution in [1.29, 1.82) is 0 Å². The molecule has 1 nitrogen and oxygen atoms in total. The molecule has 0 saturated carbocycles. The highest BCUT2D eigenvalue weighted by Gasteiger charge is 1.92. The van der Waals surface area contributed by atoms with Gasteiger partial charge in [-0.1, -0.05) is 41.5 Å². The first kappa shape index (κ1) is 12.0.